The molecule has 1 N–H and O–H groups in total. The fourth-order valence-corrected chi connectivity index (χ4v) is 1.14. The van der Waals surface area contributed by atoms with Crippen molar-refractivity contribution in [1.29, 1.82) is 0 Å². The van der Waals surface area contributed by atoms with E-state index in [0.29, 0.717) is 0 Å². The van der Waals surface area contributed by atoms with Crippen LogP contribution in [0.3, 0.4) is 0 Å². The van der Waals surface area contributed by atoms with Crippen LogP contribution in [0.4, 0.5) is 5.69 Å². The zero-order valence-electron chi connectivity index (χ0n) is 8.45. The SMILES string of the molecule is CCc1ccc(NC(=O)C(C)S)cc1. The molecule has 14 heavy (non-hydrogen) atoms. The van der Waals surface area contributed by atoms with Crippen LogP contribution >= 0.6 is 12.6 Å². The highest BCUT2D eigenvalue weighted by molar-refractivity contribution is 7.81. The number of hydrogen-bond donors (Lipinski definition) is 2. The van der Waals surface area contributed by atoms with Gasteiger partial charge in [0.25, 0.3) is 0 Å². The number of aryl methyl sites for hydroxylation is 1. The second-order valence-corrected chi connectivity index (χ2v) is 3.99. The Hall–Kier alpha value is -0.960. The van der Waals surface area contributed by atoms with Gasteiger partial charge in [0.15, 0.2) is 0 Å². The Balaban J connectivity index is 2.64. The first-order valence-corrected chi connectivity index (χ1v) is 5.23. The smallest absolute Gasteiger partial charge is 0.236 e. The first kappa shape index (κ1) is 11.1. The average Bonchev–Trinajstić information content (AvgIpc) is 2.19. The van der Waals surface area contributed by atoms with Crippen LogP contribution in [0.15, 0.2) is 24.3 Å². The van der Waals surface area contributed by atoms with Crippen LogP contribution in [0.25, 0.3) is 0 Å². The first-order valence-electron chi connectivity index (χ1n) is 4.71. The number of nitrogens with one attached hydrogen (secondary N) is 1. The molecule has 0 aliphatic carbocycles. The highest BCUT2D eigenvalue weighted by Crippen LogP contribution is 2.10. The lowest BCUT2D eigenvalue weighted by atomic mass is 10.1. The topological polar surface area (TPSA) is 29.1 Å². The Morgan fingerprint density at radius 1 is 1.43 bits per heavy atom. The quantitative estimate of drug-likeness (QED) is 0.736. The van der Waals surface area contributed by atoms with Crippen LogP contribution in [0.5, 0.6) is 0 Å². The second-order valence-electron chi connectivity index (χ2n) is 3.22. The Bertz CT molecular complexity index is 306. The summed E-state index contributed by atoms with van der Waals surface area (Å²) in [5.74, 6) is -0.0717. The summed E-state index contributed by atoms with van der Waals surface area (Å²) in [6.07, 6.45) is 1.01. The summed E-state index contributed by atoms with van der Waals surface area (Å²) in [6, 6.07) is 7.84. The van der Waals surface area contributed by atoms with E-state index in [2.05, 4.69) is 24.9 Å². The highest BCUT2D eigenvalue weighted by Gasteiger charge is 2.06. The van der Waals surface area contributed by atoms with Crippen LogP contribution < -0.4 is 5.32 Å². The second kappa shape index (κ2) is 5.05. The number of carbonyl (C=O) groups excluding carboxylic acids is 1. The lowest BCUT2D eigenvalue weighted by molar-refractivity contribution is -0.115. The summed E-state index contributed by atoms with van der Waals surface area (Å²) >= 11 is 4.05. The number of benzene rings is 1. The lowest BCUT2D eigenvalue weighted by Crippen LogP contribution is -2.20. The molecule has 0 bridgehead atoms. The van der Waals surface area contributed by atoms with Crippen molar-refractivity contribution in [1.82, 2.24) is 0 Å². The van der Waals surface area contributed by atoms with E-state index in [0.717, 1.165) is 12.1 Å². The Labute approximate surface area is 90.1 Å². The molecule has 1 atom stereocenters. The summed E-state index contributed by atoms with van der Waals surface area (Å²) in [7, 11) is 0. The molecule has 1 aromatic rings. The van der Waals surface area contributed by atoms with E-state index in [4.69, 9.17) is 0 Å². The molecule has 76 valence electrons. The van der Waals surface area contributed by atoms with Crippen molar-refractivity contribution in [2.24, 2.45) is 0 Å². The van der Waals surface area contributed by atoms with E-state index in [-0.39, 0.29) is 11.2 Å². The van der Waals surface area contributed by atoms with E-state index in [9.17, 15) is 4.79 Å². The van der Waals surface area contributed by atoms with Gasteiger partial charge >= 0.3 is 0 Å². The van der Waals surface area contributed by atoms with Crippen LogP contribution in [0, 0.1) is 0 Å². The largest absolute Gasteiger partial charge is 0.325 e. The summed E-state index contributed by atoms with van der Waals surface area (Å²) in [5.41, 5.74) is 2.09. The normalized spacial score (nSPS) is 12.2. The van der Waals surface area contributed by atoms with Gasteiger partial charge < -0.3 is 5.32 Å². The molecule has 3 heteroatoms. The standard InChI is InChI=1S/C11H15NOS/c1-3-9-4-6-10(7-5-9)12-11(13)8(2)14/h4-8,14H,3H2,1-2H3,(H,12,13). The van der Waals surface area contributed by atoms with Gasteiger partial charge in [-0.2, -0.15) is 12.6 Å². The molecule has 1 aromatic carbocycles. The van der Waals surface area contributed by atoms with E-state index in [1.54, 1.807) is 6.92 Å². The first-order chi connectivity index (χ1) is 6.63. The van der Waals surface area contributed by atoms with Crippen molar-refractivity contribution in [3.05, 3.63) is 29.8 Å². The fraction of sp³-hybridized carbons (Fsp3) is 0.364. The van der Waals surface area contributed by atoms with Crippen LogP contribution in [0.2, 0.25) is 0 Å². The van der Waals surface area contributed by atoms with Gasteiger partial charge in [-0.1, -0.05) is 19.1 Å². The van der Waals surface area contributed by atoms with Gasteiger partial charge in [0, 0.05) is 5.69 Å². The molecule has 0 radical (unpaired) electrons. The predicted octanol–water partition coefficient (Wildman–Crippen LogP) is 2.51. The van der Waals surface area contributed by atoms with Gasteiger partial charge in [0.2, 0.25) is 5.91 Å². The number of rotatable bonds is 3. The highest BCUT2D eigenvalue weighted by atomic mass is 32.1. The number of thiol groups is 1. The fourth-order valence-electron chi connectivity index (χ4n) is 1.07. The molecule has 0 saturated carbocycles. The molecular weight excluding hydrogens is 194 g/mol. The van der Waals surface area contributed by atoms with Crippen molar-refractivity contribution in [2.75, 3.05) is 5.32 Å². The Morgan fingerprint density at radius 3 is 2.43 bits per heavy atom. The van der Waals surface area contributed by atoms with Gasteiger partial charge in [-0.05, 0) is 31.0 Å². The third-order valence-corrected chi connectivity index (χ3v) is 2.24. The molecule has 0 aliphatic heterocycles. The maximum Gasteiger partial charge on any atom is 0.236 e. The minimum absolute atomic E-state index is 0.0717. The van der Waals surface area contributed by atoms with Crippen LogP contribution in [0.1, 0.15) is 19.4 Å². The van der Waals surface area contributed by atoms with E-state index >= 15 is 0 Å². The van der Waals surface area contributed by atoms with Gasteiger partial charge in [-0.25, -0.2) is 0 Å². The third-order valence-electron chi connectivity index (χ3n) is 2.01. The molecule has 0 fully saturated rings. The average molecular weight is 209 g/mol. The molecule has 2 nitrogen and oxygen atoms in total. The molecule has 0 heterocycles. The minimum Gasteiger partial charge on any atom is -0.325 e. The molecule has 1 amide bonds. The lowest BCUT2D eigenvalue weighted by Gasteiger charge is -2.07. The van der Waals surface area contributed by atoms with Crippen LogP contribution in [-0.4, -0.2) is 11.2 Å². The Kier molecular flexibility index (Phi) is 4.01. The number of amides is 1. The van der Waals surface area contributed by atoms with E-state index in [1.165, 1.54) is 5.56 Å². The Morgan fingerprint density at radius 2 is 2.00 bits per heavy atom. The summed E-state index contributed by atoms with van der Waals surface area (Å²) in [6.45, 7) is 3.85. The molecule has 0 aromatic heterocycles. The molecule has 0 spiro atoms. The number of carbonyl (C=O) groups is 1. The third kappa shape index (κ3) is 3.07. The molecule has 1 unspecified atom stereocenters. The van der Waals surface area contributed by atoms with Crippen molar-refractivity contribution in [3.63, 3.8) is 0 Å². The van der Waals surface area contributed by atoms with E-state index in [1.807, 2.05) is 24.3 Å². The van der Waals surface area contributed by atoms with Gasteiger partial charge in [0.1, 0.15) is 0 Å². The van der Waals surface area contributed by atoms with Crippen LogP contribution in [-0.2, 0) is 11.2 Å². The van der Waals surface area contributed by atoms with Gasteiger partial charge in [-0.3, -0.25) is 4.79 Å². The predicted molar refractivity (Wildman–Crippen MR) is 62.9 cm³/mol. The van der Waals surface area contributed by atoms with Gasteiger partial charge in [-0.15, -0.1) is 0 Å². The van der Waals surface area contributed by atoms with Gasteiger partial charge in [0.05, 0.1) is 5.25 Å². The zero-order chi connectivity index (χ0) is 10.6. The van der Waals surface area contributed by atoms with E-state index < -0.39 is 0 Å². The molecule has 0 saturated heterocycles. The maximum absolute atomic E-state index is 11.3. The van der Waals surface area contributed by atoms with Crippen molar-refractivity contribution in [3.8, 4) is 0 Å². The number of hydrogen-bond acceptors (Lipinski definition) is 2. The summed E-state index contributed by atoms with van der Waals surface area (Å²) < 4.78 is 0. The monoisotopic (exact) mass is 209 g/mol. The zero-order valence-corrected chi connectivity index (χ0v) is 9.34. The van der Waals surface area contributed by atoms with Crippen molar-refractivity contribution < 1.29 is 4.79 Å². The molecule has 1 rings (SSSR count). The minimum atomic E-state index is -0.277. The number of anilines is 1. The summed E-state index contributed by atoms with van der Waals surface area (Å²) in [5, 5.41) is 2.50. The maximum atomic E-state index is 11.3. The molecular formula is C11H15NOS. The van der Waals surface area contributed by atoms with Crippen molar-refractivity contribution in [2.45, 2.75) is 25.5 Å². The molecule has 0 aliphatic rings. The van der Waals surface area contributed by atoms with Crippen molar-refractivity contribution >= 4 is 24.2 Å². The summed E-state index contributed by atoms with van der Waals surface area (Å²) in [4.78, 5) is 11.3.